The van der Waals surface area contributed by atoms with Gasteiger partial charge in [0.2, 0.25) is 5.91 Å². The highest BCUT2D eigenvalue weighted by molar-refractivity contribution is 5.80. The zero-order valence-electron chi connectivity index (χ0n) is 8.05. The topological polar surface area (TPSA) is 55.1 Å². The Hall–Kier alpha value is -0.570. The molecular weight excluding hydrogens is 152 g/mol. The van der Waals surface area contributed by atoms with E-state index in [0.29, 0.717) is 6.04 Å². The molecule has 1 fully saturated rings. The van der Waals surface area contributed by atoms with E-state index in [0.717, 1.165) is 0 Å². The van der Waals surface area contributed by atoms with Gasteiger partial charge in [-0.05, 0) is 18.3 Å². The van der Waals surface area contributed by atoms with Crippen LogP contribution in [0.25, 0.3) is 0 Å². The first-order chi connectivity index (χ1) is 5.41. The van der Waals surface area contributed by atoms with Gasteiger partial charge in [-0.15, -0.1) is 0 Å². The SMILES string of the molecule is CC(C)(C)C(NC1CC1)C(N)=O. The van der Waals surface area contributed by atoms with Crippen molar-refractivity contribution in [3.05, 3.63) is 0 Å². The third-order valence-corrected chi connectivity index (χ3v) is 2.13. The smallest absolute Gasteiger partial charge is 0.235 e. The van der Waals surface area contributed by atoms with Gasteiger partial charge in [-0.25, -0.2) is 0 Å². The van der Waals surface area contributed by atoms with Crippen LogP contribution >= 0.6 is 0 Å². The van der Waals surface area contributed by atoms with E-state index >= 15 is 0 Å². The Kier molecular flexibility index (Phi) is 2.42. The molecule has 1 rings (SSSR count). The lowest BCUT2D eigenvalue weighted by Crippen LogP contribution is -2.50. The Morgan fingerprint density at radius 3 is 2.25 bits per heavy atom. The number of primary amides is 1. The first-order valence-corrected chi connectivity index (χ1v) is 4.46. The fourth-order valence-corrected chi connectivity index (χ4v) is 1.24. The van der Waals surface area contributed by atoms with Gasteiger partial charge in [0.25, 0.3) is 0 Å². The number of nitrogens with one attached hydrogen (secondary N) is 1. The monoisotopic (exact) mass is 170 g/mol. The van der Waals surface area contributed by atoms with Gasteiger partial charge in [-0.2, -0.15) is 0 Å². The summed E-state index contributed by atoms with van der Waals surface area (Å²) in [6, 6.07) is 0.340. The summed E-state index contributed by atoms with van der Waals surface area (Å²) in [7, 11) is 0. The molecule has 3 nitrogen and oxygen atoms in total. The van der Waals surface area contributed by atoms with Crippen LogP contribution in [0.1, 0.15) is 33.6 Å². The van der Waals surface area contributed by atoms with Gasteiger partial charge in [-0.3, -0.25) is 4.79 Å². The number of nitrogens with two attached hydrogens (primary N) is 1. The fraction of sp³-hybridized carbons (Fsp3) is 0.889. The Balaban J connectivity index is 2.53. The van der Waals surface area contributed by atoms with E-state index in [-0.39, 0.29) is 17.4 Å². The average molecular weight is 170 g/mol. The normalized spacial score (nSPS) is 20.6. The van der Waals surface area contributed by atoms with Gasteiger partial charge in [0.15, 0.2) is 0 Å². The van der Waals surface area contributed by atoms with Gasteiger partial charge in [-0.1, -0.05) is 20.8 Å². The summed E-state index contributed by atoms with van der Waals surface area (Å²) >= 11 is 0. The lowest BCUT2D eigenvalue weighted by molar-refractivity contribution is -0.122. The molecule has 12 heavy (non-hydrogen) atoms. The van der Waals surface area contributed by atoms with Crippen molar-refractivity contribution in [2.75, 3.05) is 0 Å². The third kappa shape index (κ3) is 2.48. The predicted octanol–water partition coefficient (Wildman–Crippen LogP) is 0.638. The summed E-state index contributed by atoms with van der Waals surface area (Å²) in [5.74, 6) is -0.241. The van der Waals surface area contributed by atoms with Crippen molar-refractivity contribution in [2.45, 2.75) is 45.7 Å². The quantitative estimate of drug-likeness (QED) is 0.653. The maximum Gasteiger partial charge on any atom is 0.235 e. The Morgan fingerprint density at radius 2 is 2.00 bits per heavy atom. The lowest BCUT2D eigenvalue weighted by Gasteiger charge is -2.28. The molecule has 1 saturated carbocycles. The molecule has 1 aliphatic carbocycles. The molecule has 3 heteroatoms. The van der Waals surface area contributed by atoms with Crippen LogP contribution in [0.4, 0.5) is 0 Å². The number of carbonyl (C=O) groups excluding carboxylic acids is 1. The summed E-state index contributed by atoms with van der Waals surface area (Å²) < 4.78 is 0. The van der Waals surface area contributed by atoms with Crippen molar-refractivity contribution in [3.8, 4) is 0 Å². The summed E-state index contributed by atoms with van der Waals surface area (Å²) in [5, 5.41) is 3.26. The fourth-order valence-electron chi connectivity index (χ4n) is 1.24. The van der Waals surface area contributed by atoms with Crippen molar-refractivity contribution < 1.29 is 4.79 Å². The molecule has 0 bridgehead atoms. The van der Waals surface area contributed by atoms with Crippen LogP contribution in [-0.2, 0) is 4.79 Å². The number of carbonyl (C=O) groups is 1. The molecule has 0 aromatic heterocycles. The van der Waals surface area contributed by atoms with Crippen molar-refractivity contribution in [3.63, 3.8) is 0 Å². The van der Waals surface area contributed by atoms with E-state index in [1.54, 1.807) is 0 Å². The molecule has 70 valence electrons. The minimum absolute atomic E-state index is 0.0750. The van der Waals surface area contributed by atoms with Gasteiger partial charge in [0.1, 0.15) is 0 Å². The van der Waals surface area contributed by atoms with E-state index < -0.39 is 0 Å². The van der Waals surface area contributed by atoms with Gasteiger partial charge < -0.3 is 11.1 Å². The second-order valence-electron chi connectivity index (χ2n) is 4.64. The van der Waals surface area contributed by atoms with Crippen LogP contribution in [0, 0.1) is 5.41 Å². The highest BCUT2D eigenvalue weighted by Gasteiger charge is 2.34. The summed E-state index contributed by atoms with van der Waals surface area (Å²) in [5.41, 5.74) is 5.22. The van der Waals surface area contributed by atoms with Crippen LogP contribution in [-0.4, -0.2) is 18.0 Å². The minimum Gasteiger partial charge on any atom is -0.368 e. The molecule has 0 heterocycles. The van der Waals surface area contributed by atoms with E-state index in [9.17, 15) is 4.79 Å². The van der Waals surface area contributed by atoms with Crippen molar-refractivity contribution in [2.24, 2.45) is 11.1 Å². The molecule has 0 aromatic carbocycles. The van der Waals surface area contributed by atoms with Crippen LogP contribution in [0.5, 0.6) is 0 Å². The van der Waals surface area contributed by atoms with Crippen LogP contribution < -0.4 is 11.1 Å². The molecule has 0 saturated heterocycles. The highest BCUT2D eigenvalue weighted by atomic mass is 16.1. The number of rotatable bonds is 3. The zero-order valence-corrected chi connectivity index (χ0v) is 8.05. The van der Waals surface area contributed by atoms with Crippen molar-refractivity contribution in [1.29, 1.82) is 0 Å². The number of hydrogen-bond donors (Lipinski definition) is 2. The van der Waals surface area contributed by atoms with E-state index in [1.165, 1.54) is 12.8 Å². The Labute approximate surface area is 73.7 Å². The Morgan fingerprint density at radius 1 is 1.50 bits per heavy atom. The highest BCUT2D eigenvalue weighted by Crippen LogP contribution is 2.25. The molecular formula is C9H18N2O. The molecule has 1 amide bonds. The van der Waals surface area contributed by atoms with E-state index in [2.05, 4.69) is 5.32 Å². The first-order valence-electron chi connectivity index (χ1n) is 4.46. The second-order valence-corrected chi connectivity index (χ2v) is 4.64. The van der Waals surface area contributed by atoms with E-state index in [4.69, 9.17) is 5.73 Å². The first kappa shape index (κ1) is 9.52. The Bertz CT molecular complexity index is 179. The molecule has 0 aliphatic heterocycles. The number of hydrogen-bond acceptors (Lipinski definition) is 2. The predicted molar refractivity (Wildman–Crippen MR) is 48.6 cm³/mol. The van der Waals surface area contributed by atoms with Crippen molar-refractivity contribution >= 4 is 5.91 Å². The van der Waals surface area contributed by atoms with Gasteiger partial charge in [0.05, 0.1) is 6.04 Å². The maximum atomic E-state index is 11.1. The van der Waals surface area contributed by atoms with Gasteiger partial charge in [0, 0.05) is 6.04 Å². The molecule has 0 spiro atoms. The van der Waals surface area contributed by atoms with Crippen molar-refractivity contribution in [1.82, 2.24) is 5.32 Å². The molecule has 1 aliphatic rings. The van der Waals surface area contributed by atoms with E-state index in [1.807, 2.05) is 20.8 Å². The molecule has 3 N–H and O–H groups in total. The van der Waals surface area contributed by atoms with Crippen LogP contribution in [0.2, 0.25) is 0 Å². The summed E-state index contributed by atoms with van der Waals surface area (Å²) in [6.07, 6.45) is 2.36. The maximum absolute atomic E-state index is 11.1. The second kappa shape index (κ2) is 3.05. The largest absolute Gasteiger partial charge is 0.368 e. The summed E-state index contributed by atoms with van der Waals surface area (Å²) in [6.45, 7) is 6.08. The third-order valence-electron chi connectivity index (χ3n) is 2.13. The van der Waals surface area contributed by atoms with Crippen LogP contribution in [0.15, 0.2) is 0 Å². The molecule has 0 radical (unpaired) electrons. The van der Waals surface area contributed by atoms with Gasteiger partial charge >= 0.3 is 0 Å². The standard InChI is InChI=1S/C9H18N2O/c1-9(2,3)7(8(10)12)11-6-4-5-6/h6-7,11H,4-5H2,1-3H3,(H2,10,12). The average Bonchev–Trinajstić information content (AvgIpc) is 2.61. The molecule has 1 unspecified atom stereocenters. The molecule has 0 aromatic rings. The zero-order chi connectivity index (χ0) is 9.35. The minimum atomic E-state index is -0.241. The summed E-state index contributed by atoms with van der Waals surface area (Å²) in [4.78, 5) is 11.1. The number of amides is 1. The van der Waals surface area contributed by atoms with Crippen LogP contribution in [0.3, 0.4) is 0 Å². The lowest BCUT2D eigenvalue weighted by atomic mass is 9.86. The molecule has 1 atom stereocenters.